The summed E-state index contributed by atoms with van der Waals surface area (Å²) in [5.74, 6) is 0.168. The van der Waals surface area contributed by atoms with Crippen LogP contribution < -0.4 is 10.9 Å². The Labute approximate surface area is 169 Å². The van der Waals surface area contributed by atoms with E-state index in [1.807, 2.05) is 39.0 Å². The number of aromatic nitrogens is 2. The van der Waals surface area contributed by atoms with Crippen molar-refractivity contribution < 1.29 is 4.79 Å². The van der Waals surface area contributed by atoms with Crippen LogP contribution in [0.2, 0.25) is 0 Å². The smallest absolute Gasteiger partial charge is 0.266 e. The highest BCUT2D eigenvalue weighted by Gasteiger charge is 2.15. The van der Waals surface area contributed by atoms with E-state index in [1.165, 1.54) is 4.57 Å². The highest BCUT2D eigenvalue weighted by Crippen LogP contribution is 2.18. The monoisotopic (exact) mass is 395 g/mol. The van der Waals surface area contributed by atoms with Crippen LogP contribution in [-0.2, 0) is 0 Å². The molecule has 6 heteroatoms. The Morgan fingerprint density at radius 2 is 1.86 bits per heavy atom. The normalized spacial score (nSPS) is 12.4. The molecule has 0 bridgehead atoms. The molecule has 1 heterocycles. The molecule has 0 aliphatic rings. The van der Waals surface area contributed by atoms with Crippen LogP contribution >= 0.6 is 12.2 Å². The Bertz CT molecular complexity index is 1170. The maximum absolute atomic E-state index is 13.1. The molecule has 3 aromatic rings. The van der Waals surface area contributed by atoms with Gasteiger partial charge in [0.15, 0.2) is 4.77 Å². The van der Waals surface area contributed by atoms with Gasteiger partial charge in [-0.2, -0.15) is 0 Å². The molecule has 28 heavy (non-hydrogen) atoms. The summed E-state index contributed by atoms with van der Waals surface area (Å²) in [6, 6.07) is 10.9. The zero-order chi connectivity index (χ0) is 20.6. The number of hydrogen-bond acceptors (Lipinski definition) is 3. The first kappa shape index (κ1) is 20.0. The first-order valence-corrected chi connectivity index (χ1v) is 9.78. The lowest BCUT2D eigenvalue weighted by molar-refractivity contribution is 0.0930. The number of nitrogens with zero attached hydrogens (tertiary/aromatic N) is 1. The molecule has 1 aromatic heterocycles. The molecule has 0 radical (unpaired) electrons. The summed E-state index contributed by atoms with van der Waals surface area (Å²) in [5, 5.41) is 3.47. The van der Waals surface area contributed by atoms with Crippen molar-refractivity contribution in [2.24, 2.45) is 5.92 Å². The molecular weight excluding hydrogens is 370 g/mol. The van der Waals surface area contributed by atoms with Crippen molar-refractivity contribution in [3.8, 4) is 5.69 Å². The van der Waals surface area contributed by atoms with Crippen molar-refractivity contribution in [1.29, 1.82) is 0 Å². The quantitative estimate of drug-likeness (QED) is 0.642. The van der Waals surface area contributed by atoms with Gasteiger partial charge >= 0.3 is 0 Å². The van der Waals surface area contributed by atoms with Crippen LogP contribution in [-0.4, -0.2) is 21.5 Å². The molecule has 5 nitrogen and oxygen atoms in total. The van der Waals surface area contributed by atoms with Crippen LogP contribution in [0.25, 0.3) is 16.6 Å². The first-order chi connectivity index (χ1) is 13.2. The third-order valence-electron chi connectivity index (χ3n) is 5.34. The third kappa shape index (κ3) is 3.64. The Kier molecular flexibility index (Phi) is 5.52. The molecule has 0 fully saturated rings. The van der Waals surface area contributed by atoms with E-state index in [0.717, 1.165) is 16.8 Å². The minimum absolute atomic E-state index is 0.0546. The minimum atomic E-state index is -0.199. The summed E-state index contributed by atoms with van der Waals surface area (Å²) in [7, 11) is 0. The number of aromatic amines is 1. The molecule has 0 saturated carbocycles. The second kappa shape index (κ2) is 7.72. The van der Waals surface area contributed by atoms with Gasteiger partial charge in [0.25, 0.3) is 11.5 Å². The molecular formula is C22H25N3O2S. The van der Waals surface area contributed by atoms with Crippen molar-refractivity contribution in [3.63, 3.8) is 0 Å². The van der Waals surface area contributed by atoms with Crippen LogP contribution in [0.4, 0.5) is 0 Å². The number of benzene rings is 2. The average Bonchev–Trinajstić information content (AvgIpc) is 2.64. The maximum atomic E-state index is 13.1. The molecule has 0 aliphatic heterocycles. The number of nitrogens with one attached hydrogen (secondary N) is 2. The minimum Gasteiger partial charge on any atom is -0.349 e. The first-order valence-electron chi connectivity index (χ1n) is 9.37. The van der Waals surface area contributed by atoms with Gasteiger partial charge in [0, 0.05) is 11.6 Å². The lowest BCUT2D eigenvalue weighted by Gasteiger charge is -2.17. The van der Waals surface area contributed by atoms with Gasteiger partial charge in [-0.3, -0.25) is 14.2 Å². The molecule has 0 saturated heterocycles. The Morgan fingerprint density at radius 3 is 2.54 bits per heavy atom. The van der Waals surface area contributed by atoms with E-state index in [2.05, 4.69) is 24.1 Å². The predicted molar refractivity (Wildman–Crippen MR) is 116 cm³/mol. The van der Waals surface area contributed by atoms with Crippen LogP contribution in [0.3, 0.4) is 0 Å². The summed E-state index contributed by atoms with van der Waals surface area (Å²) in [6.07, 6.45) is 0. The van der Waals surface area contributed by atoms with Crippen molar-refractivity contribution in [3.05, 3.63) is 68.2 Å². The van der Waals surface area contributed by atoms with Crippen LogP contribution in [0.1, 0.15) is 42.3 Å². The summed E-state index contributed by atoms with van der Waals surface area (Å²) in [6.45, 7) is 10.1. The molecule has 1 atom stereocenters. The number of aryl methyl sites for hydroxylation is 1. The van der Waals surface area contributed by atoms with E-state index in [1.54, 1.807) is 18.2 Å². The van der Waals surface area contributed by atoms with E-state index in [9.17, 15) is 9.59 Å². The molecule has 146 valence electrons. The van der Waals surface area contributed by atoms with E-state index >= 15 is 0 Å². The SMILES string of the molecule is Cc1cccc(-n2c(=S)[nH]c3cc(C(=O)NC(C)C(C)C)ccc3c2=O)c1C. The molecule has 2 aromatic carbocycles. The number of carbonyl (C=O) groups is 1. The number of fused-ring (bicyclic) bond motifs is 1. The second-order valence-electron chi connectivity index (χ2n) is 7.56. The fourth-order valence-electron chi connectivity index (χ4n) is 3.01. The van der Waals surface area contributed by atoms with Crippen molar-refractivity contribution in [2.45, 2.75) is 40.7 Å². The number of H-pyrrole nitrogens is 1. The number of carbonyl (C=O) groups excluding carboxylic acids is 1. The fraction of sp³-hybridized carbons (Fsp3) is 0.318. The van der Waals surface area contributed by atoms with E-state index in [4.69, 9.17) is 12.2 Å². The molecule has 0 aliphatic carbocycles. The Balaban J connectivity index is 2.11. The van der Waals surface area contributed by atoms with Crippen LogP contribution in [0.5, 0.6) is 0 Å². The number of rotatable bonds is 4. The third-order valence-corrected chi connectivity index (χ3v) is 5.62. The van der Waals surface area contributed by atoms with Gasteiger partial charge in [-0.15, -0.1) is 0 Å². The highest BCUT2D eigenvalue weighted by atomic mass is 32.1. The Hall–Kier alpha value is -2.73. The largest absolute Gasteiger partial charge is 0.349 e. The summed E-state index contributed by atoms with van der Waals surface area (Å²) in [4.78, 5) is 28.8. The topological polar surface area (TPSA) is 66.9 Å². The molecule has 1 unspecified atom stereocenters. The zero-order valence-electron chi connectivity index (χ0n) is 16.8. The van der Waals surface area contributed by atoms with Crippen molar-refractivity contribution >= 4 is 29.0 Å². The standard InChI is InChI=1S/C22H25N3O2S/c1-12(2)15(5)23-20(26)16-9-10-17-18(11-16)24-22(28)25(21(17)27)19-8-6-7-13(3)14(19)4/h6-12,15H,1-5H3,(H,23,26)(H,24,28). The molecule has 1 amide bonds. The van der Waals surface area contributed by atoms with Crippen LogP contribution in [0, 0.1) is 24.5 Å². The second-order valence-corrected chi connectivity index (χ2v) is 7.94. The van der Waals surface area contributed by atoms with Crippen molar-refractivity contribution in [2.75, 3.05) is 0 Å². The van der Waals surface area contributed by atoms with Gasteiger partial charge in [-0.25, -0.2) is 0 Å². The summed E-state index contributed by atoms with van der Waals surface area (Å²) in [5.41, 5.74) is 3.71. The van der Waals surface area contributed by atoms with E-state index in [0.29, 0.717) is 27.2 Å². The molecule has 0 spiro atoms. The fourth-order valence-corrected chi connectivity index (χ4v) is 3.30. The summed E-state index contributed by atoms with van der Waals surface area (Å²) >= 11 is 5.47. The maximum Gasteiger partial charge on any atom is 0.266 e. The summed E-state index contributed by atoms with van der Waals surface area (Å²) < 4.78 is 1.82. The molecule has 2 N–H and O–H groups in total. The highest BCUT2D eigenvalue weighted by molar-refractivity contribution is 7.71. The van der Waals surface area contributed by atoms with Gasteiger partial charge in [-0.05, 0) is 74.3 Å². The van der Waals surface area contributed by atoms with Gasteiger partial charge in [0.05, 0.1) is 16.6 Å². The van der Waals surface area contributed by atoms with E-state index in [-0.39, 0.29) is 17.5 Å². The average molecular weight is 396 g/mol. The Morgan fingerprint density at radius 1 is 1.14 bits per heavy atom. The molecule has 3 rings (SSSR count). The zero-order valence-corrected chi connectivity index (χ0v) is 17.6. The van der Waals surface area contributed by atoms with E-state index < -0.39 is 0 Å². The number of amides is 1. The predicted octanol–water partition coefficient (Wildman–Crippen LogP) is 4.44. The van der Waals surface area contributed by atoms with Gasteiger partial charge in [0.1, 0.15) is 0 Å². The van der Waals surface area contributed by atoms with Crippen LogP contribution in [0.15, 0.2) is 41.2 Å². The lowest BCUT2D eigenvalue weighted by Crippen LogP contribution is -2.36. The number of hydrogen-bond donors (Lipinski definition) is 2. The lowest BCUT2D eigenvalue weighted by atomic mass is 10.1. The van der Waals surface area contributed by atoms with Crippen molar-refractivity contribution in [1.82, 2.24) is 14.9 Å². The van der Waals surface area contributed by atoms with Gasteiger partial charge in [-0.1, -0.05) is 26.0 Å². The van der Waals surface area contributed by atoms with Gasteiger partial charge < -0.3 is 10.3 Å². The van der Waals surface area contributed by atoms with Gasteiger partial charge in [0.2, 0.25) is 0 Å².